The van der Waals surface area contributed by atoms with E-state index in [1.807, 2.05) is 0 Å². The molecule has 1 N–H and O–H groups in total. The van der Waals surface area contributed by atoms with Crippen molar-refractivity contribution in [1.29, 1.82) is 0 Å². The molecule has 1 saturated heterocycles. The maximum atomic E-state index is 4.88. The molecule has 3 aliphatic rings. The Morgan fingerprint density at radius 2 is 2.18 bits per heavy atom. The Kier molecular flexibility index (Phi) is 3.39. The highest BCUT2D eigenvalue weighted by Gasteiger charge is 2.49. The normalized spacial score (nSPS) is 34.4. The van der Waals surface area contributed by atoms with Crippen molar-refractivity contribution in [3.05, 3.63) is 17.5 Å². The number of hydrogen-bond acceptors (Lipinski definition) is 3. The van der Waals surface area contributed by atoms with Crippen LogP contribution in [0.2, 0.25) is 0 Å². The van der Waals surface area contributed by atoms with E-state index < -0.39 is 0 Å². The highest BCUT2D eigenvalue weighted by Crippen LogP contribution is 2.52. The molecule has 3 heterocycles. The van der Waals surface area contributed by atoms with Gasteiger partial charge in [0, 0.05) is 32.2 Å². The van der Waals surface area contributed by atoms with E-state index in [0.717, 1.165) is 32.2 Å². The number of hydrogen-bond donors (Lipinski definition) is 1. The summed E-state index contributed by atoms with van der Waals surface area (Å²) in [5.74, 6) is 0. The second-order valence-corrected chi connectivity index (χ2v) is 9.00. The zero-order valence-electron chi connectivity index (χ0n) is 14.4. The third-order valence-corrected chi connectivity index (χ3v) is 5.83. The van der Waals surface area contributed by atoms with E-state index in [9.17, 15) is 0 Å². The van der Waals surface area contributed by atoms with E-state index in [4.69, 9.17) is 5.10 Å². The summed E-state index contributed by atoms with van der Waals surface area (Å²) in [6, 6.07) is 3.09. The summed E-state index contributed by atoms with van der Waals surface area (Å²) in [7, 11) is 0. The van der Waals surface area contributed by atoms with Gasteiger partial charge in [0.15, 0.2) is 0 Å². The summed E-state index contributed by atoms with van der Waals surface area (Å²) in [5.41, 5.74) is 3.65. The lowest BCUT2D eigenvalue weighted by Crippen LogP contribution is -2.34. The lowest BCUT2D eigenvalue weighted by molar-refractivity contribution is 0.126. The van der Waals surface area contributed by atoms with Crippen LogP contribution in [0.5, 0.6) is 0 Å². The summed E-state index contributed by atoms with van der Waals surface area (Å²) in [4.78, 5) is 2.71. The number of nitrogens with one attached hydrogen (secondary N) is 1. The largest absolute Gasteiger partial charge is 0.311 e. The predicted molar refractivity (Wildman–Crippen MR) is 88.5 cm³/mol. The monoisotopic (exact) mass is 302 g/mol. The van der Waals surface area contributed by atoms with Crippen LogP contribution in [0, 0.1) is 10.8 Å². The van der Waals surface area contributed by atoms with Gasteiger partial charge in [-0.2, -0.15) is 5.10 Å². The standard InChI is InChI=1S/C18H30N4/c1-17(2)8-16-9-18(3,12-17)13-21(16)11-14-7-15-10-19-5-4-6-22(15)20-14/h7,16,19H,4-6,8-13H2,1-3H3/t16-,18-/m0/s1. The fraction of sp³-hybridized carbons (Fsp3) is 0.833. The Balaban J connectivity index is 1.50. The minimum absolute atomic E-state index is 0.502. The molecule has 0 aromatic carbocycles. The first-order valence-electron chi connectivity index (χ1n) is 8.93. The molecule has 2 bridgehead atoms. The third kappa shape index (κ3) is 2.71. The molecule has 122 valence electrons. The van der Waals surface area contributed by atoms with Crippen LogP contribution in [0.15, 0.2) is 6.07 Å². The topological polar surface area (TPSA) is 33.1 Å². The quantitative estimate of drug-likeness (QED) is 0.912. The van der Waals surface area contributed by atoms with Gasteiger partial charge < -0.3 is 5.32 Å². The summed E-state index contributed by atoms with van der Waals surface area (Å²) in [6.07, 6.45) is 5.28. The Hall–Kier alpha value is -0.870. The number of nitrogens with zero attached hydrogens (tertiary/aromatic N) is 3. The molecule has 4 rings (SSSR count). The number of fused-ring (bicyclic) bond motifs is 3. The van der Waals surface area contributed by atoms with E-state index in [0.29, 0.717) is 10.8 Å². The summed E-state index contributed by atoms with van der Waals surface area (Å²) < 4.78 is 2.23. The molecule has 2 fully saturated rings. The molecule has 0 spiro atoms. The molecular formula is C18H30N4. The van der Waals surface area contributed by atoms with Gasteiger partial charge >= 0.3 is 0 Å². The average molecular weight is 302 g/mol. The molecule has 1 saturated carbocycles. The van der Waals surface area contributed by atoms with Crippen molar-refractivity contribution in [1.82, 2.24) is 20.0 Å². The van der Waals surface area contributed by atoms with Gasteiger partial charge in [-0.3, -0.25) is 9.58 Å². The Morgan fingerprint density at radius 1 is 1.32 bits per heavy atom. The maximum absolute atomic E-state index is 4.88. The highest BCUT2D eigenvalue weighted by molar-refractivity contribution is 5.13. The Bertz CT molecular complexity index is 538. The lowest BCUT2D eigenvalue weighted by atomic mass is 9.65. The predicted octanol–water partition coefficient (Wildman–Crippen LogP) is 2.78. The van der Waals surface area contributed by atoms with Gasteiger partial charge in [-0.15, -0.1) is 0 Å². The van der Waals surface area contributed by atoms with Gasteiger partial charge in [0.25, 0.3) is 0 Å². The van der Waals surface area contributed by atoms with Gasteiger partial charge in [0.05, 0.1) is 11.4 Å². The van der Waals surface area contributed by atoms with Crippen LogP contribution in [0.3, 0.4) is 0 Å². The van der Waals surface area contributed by atoms with E-state index in [2.05, 4.69) is 41.7 Å². The second kappa shape index (κ2) is 5.07. The van der Waals surface area contributed by atoms with Crippen LogP contribution < -0.4 is 5.32 Å². The van der Waals surface area contributed by atoms with Gasteiger partial charge in [-0.05, 0) is 49.1 Å². The molecule has 2 aliphatic heterocycles. The molecular weight excluding hydrogens is 272 g/mol. The molecule has 4 heteroatoms. The molecule has 4 nitrogen and oxygen atoms in total. The second-order valence-electron chi connectivity index (χ2n) is 9.00. The highest BCUT2D eigenvalue weighted by atomic mass is 15.3. The number of likely N-dealkylation sites (tertiary alicyclic amines) is 1. The zero-order chi connectivity index (χ0) is 15.4. The molecule has 22 heavy (non-hydrogen) atoms. The van der Waals surface area contributed by atoms with E-state index >= 15 is 0 Å². The van der Waals surface area contributed by atoms with Crippen LogP contribution in [0.4, 0.5) is 0 Å². The van der Waals surface area contributed by atoms with Crippen molar-refractivity contribution >= 4 is 0 Å². The van der Waals surface area contributed by atoms with Crippen molar-refractivity contribution in [2.45, 2.75) is 72.1 Å². The molecule has 1 aromatic rings. The molecule has 0 radical (unpaired) electrons. The van der Waals surface area contributed by atoms with Crippen LogP contribution in [-0.2, 0) is 19.6 Å². The first-order valence-corrected chi connectivity index (χ1v) is 8.93. The Labute approximate surface area is 134 Å². The van der Waals surface area contributed by atoms with E-state index in [1.165, 1.54) is 43.6 Å². The van der Waals surface area contributed by atoms with Gasteiger partial charge in [0.1, 0.15) is 0 Å². The van der Waals surface area contributed by atoms with Crippen molar-refractivity contribution < 1.29 is 0 Å². The third-order valence-electron chi connectivity index (χ3n) is 5.83. The Morgan fingerprint density at radius 3 is 3.05 bits per heavy atom. The minimum Gasteiger partial charge on any atom is -0.311 e. The first-order chi connectivity index (χ1) is 10.4. The molecule has 0 unspecified atom stereocenters. The fourth-order valence-electron chi connectivity index (χ4n) is 5.47. The van der Waals surface area contributed by atoms with Crippen molar-refractivity contribution in [3.8, 4) is 0 Å². The van der Waals surface area contributed by atoms with E-state index in [1.54, 1.807) is 0 Å². The maximum Gasteiger partial charge on any atom is 0.0768 e. The number of aromatic nitrogens is 2. The van der Waals surface area contributed by atoms with Crippen molar-refractivity contribution in [3.63, 3.8) is 0 Å². The summed E-state index contributed by atoms with van der Waals surface area (Å²) in [6.45, 7) is 12.8. The SMILES string of the molecule is CC1(C)C[C@H]2C[C@](C)(CN2Cc2cc3n(n2)CCCNC3)C1. The van der Waals surface area contributed by atoms with Gasteiger partial charge in [-0.25, -0.2) is 0 Å². The van der Waals surface area contributed by atoms with Gasteiger partial charge in [-0.1, -0.05) is 20.8 Å². The number of rotatable bonds is 2. The first kappa shape index (κ1) is 14.7. The molecule has 2 atom stereocenters. The molecule has 0 amide bonds. The minimum atomic E-state index is 0.502. The fourth-order valence-corrected chi connectivity index (χ4v) is 5.47. The van der Waals surface area contributed by atoms with Crippen LogP contribution >= 0.6 is 0 Å². The van der Waals surface area contributed by atoms with Crippen molar-refractivity contribution in [2.75, 3.05) is 13.1 Å². The molecule has 1 aromatic heterocycles. The summed E-state index contributed by atoms with van der Waals surface area (Å²) >= 11 is 0. The van der Waals surface area contributed by atoms with Gasteiger partial charge in [0.2, 0.25) is 0 Å². The van der Waals surface area contributed by atoms with Crippen LogP contribution in [0.25, 0.3) is 0 Å². The molecule has 1 aliphatic carbocycles. The zero-order valence-corrected chi connectivity index (χ0v) is 14.4. The number of aryl methyl sites for hydroxylation is 1. The smallest absolute Gasteiger partial charge is 0.0768 e. The van der Waals surface area contributed by atoms with Crippen molar-refractivity contribution in [2.24, 2.45) is 10.8 Å². The van der Waals surface area contributed by atoms with E-state index in [-0.39, 0.29) is 0 Å². The average Bonchev–Trinajstić information content (AvgIpc) is 2.78. The van der Waals surface area contributed by atoms with Crippen LogP contribution in [0.1, 0.15) is 57.8 Å². The summed E-state index contributed by atoms with van der Waals surface area (Å²) in [5, 5.41) is 8.37. The van der Waals surface area contributed by atoms with Crippen LogP contribution in [-0.4, -0.2) is 33.8 Å². The lowest BCUT2D eigenvalue weighted by Gasteiger charge is -2.39.